The minimum Gasteiger partial charge on any atom is -0.503 e. The SMILES string of the molecule is O=C(C1=C(O)C(=O)N(c2ccc(F)cc2F)C1c1ccccc1)c1cc2ccccc2o1. The van der Waals surface area contributed by atoms with Crippen molar-refractivity contribution in [2.45, 2.75) is 6.04 Å². The summed E-state index contributed by atoms with van der Waals surface area (Å²) in [6.07, 6.45) is 0. The molecule has 0 bridgehead atoms. The van der Waals surface area contributed by atoms with Gasteiger partial charge in [-0.3, -0.25) is 14.5 Å². The lowest BCUT2D eigenvalue weighted by Crippen LogP contribution is -2.31. The number of furan rings is 1. The van der Waals surface area contributed by atoms with Crippen molar-refractivity contribution in [3.63, 3.8) is 0 Å². The van der Waals surface area contributed by atoms with E-state index in [4.69, 9.17) is 4.42 Å². The zero-order valence-corrected chi connectivity index (χ0v) is 16.5. The molecule has 1 unspecified atom stereocenters. The summed E-state index contributed by atoms with van der Waals surface area (Å²) in [4.78, 5) is 27.4. The van der Waals surface area contributed by atoms with Gasteiger partial charge in [0.2, 0.25) is 5.78 Å². The van der Waals surface area contributed by atoms with Crippen molar-refractivity contribution < 1.29 is 27.9 Å². The molecule has 4 aromatic rings. The first kappa shape index (κ1) is 19.7. The van der Waals surface area contributed by atoms with Crippen molar-refractivity contribution in [2.24, 2.45) is 0 Å². The Bertz CT molecular complexity index is 1380. The van der Waals surface area contributed by atoms with E-state index in [0.717, 1.165) is 17.0 Å². The van der Waals surface area contributed by atoms with Crippen molar-refractivity contribution in [1.29, 1.82) is 0 Å². The molecule has 1 aliphatic rings. The summed E-state index contributed by atoms with van der Waals surface area (Å²) in [7, 11) is 0. The smallest absolute Gasteiger partial charge is 0.294 e. The molecule has 1 amide bonds. The Hall–Kier alpha value is -4.26. The van der Waals surface area contributed by atoms with Gasteiger partial charge in [-0.25, -0.2) is 8.78 Å². The van der Waals surface area contributed by atoms with Crippen LogP contribution >= 0.6 is 0 Å². The van der Waals surface area contributed by atoms with Crippen molar-refractivity contribution in [2.75, 3.05) is 4.90 Å². The van der Waals surface area contributed by atoms with Crippen LogP contribution in [0.4, 0.5) is 14.5 Å². The van der Waals surface area contributed by atoms with Crippen LogP contribution in [0.25, 0.3) is 11.0 Å². The van der Waals surface area contributed by atoms with Gasteiger partial charge in [-0.1, -0.05) is 48.5 Å². The number of halogens is 2. The molecule has 1 aromatic heterocycles. The largest absolute Gasteiger partial charge is 0.503 e. The highest BCUT2D eigenvalue weighted by Crippen LogP contribution is 2.43. The number of rotatable bonds is 4. The normalized spacial score (nSPS) is 16.2. The number of aliphatic hydroxyl groups is 1. The summed E-state index contributed by atoms with van der Waals surface area (Å²) in [6.45, 7) is 0. The molecule has 5 rings (SSSR count). The monoisotopic (exact) mass is 431 g/mol. The van der Waals surface area contributed by atoms with Gasteiger partial charge in [0.1, 0.15) is 17.2 Å². The highest BCUT2D eigenvalue weighted by molar-refractivity contribution is 6.20. The lowest BCUT2D eigenvalue weighted by Gasteiger charge is -2.27. The average Bonchev–Trinajstić information content (AvgIpc) is 3.34. The van der Waals surface area contributed by atoms with Gasteiger partial charge in [0.15, 0.2) is 11.5 Å². The van der Waals surface area contributed by atoms with Gasteiger partial charge in [0, 0.05) is 11.5 Å². The van der Waals surface area contributed by atoms with Gasteiger partial charge in [-0.15, -0.1) is 0 Å². The van der Waals surface area contributed by atoms with Gasteiger partial charge in [-0.05, 0) is 29.8 Å². The van der Waals surface area contributed by atoms with Crippen LogP contribution in [0.15, 0.2) is 94.6 Å². The third-order valence-electron chi connectivity index (χ3n) is 5.39. The Morgan fingerprint density at radius 2 is 1.66 bits per heavy atom. The first-order valence-corrected chi connectivity index (χ1v) is 9.75. The second kappa shape index (κ2) is 7.46. The van der Waals surface area contributed by atoms with E-state index in [1.54, 1.807) is 54.6 Å². The van der Waals surface area contributed by atoms with Crippen molar-refractivity contribution >= 4 is 28.3 Å². The third-order valence-corrected chi connectivity index (χ3v) is 5.39. The number of amides is 1. The number of aliphatic hydroxyl groups excluding tert-OH is 1. The summed E-state index contributed by atoms with van der Waals surface area (Å²) in [5.41, 5.74) is 0.430. The first-order chi connectivity index (χ1) is 15.5. The van der Waals surface area contributed by atoms with E-state index in [-0.39, 0.29) is 17.0 Å². The molecule has 0 saturated carbocycles. The van der Waals surface area contributed by atoms with Crippen LogP contribution in [-0.2, 0) is 4.79 Å². The van der Waals surface area contributed by atoms with E-state index in [0.29, 0.717) is 22.6 Å². The summed E-state index contributed by atoms with van der Waals surface area (Å²) in [5.74, 6) is -4.36. The minimum atomic E-state index is -1.13. The second-order valence-electron chi connectivity index (χ2n) is 7.32. The summed E-state index contributed by atoms with van der Waals surface area (Å²) >= 11 is 0. The number of ketones is 1. The number of para-hydroxylation sites is 1. The Morgan fingerprint density at radius 3 is 2.38 bits per heavy atom. The van der Waals surface area contributed by atoms with E-state index >= 15 is 0 Å². The molecule has 2 heterocycles. The number of nitrogens with zero attached hydrogens (tertiary/aromatic N) is 1. The molecule has 32 heavy (non-hydrogen) atoms. The summed E-state index contributed by atoms with van der Waals surface area (Å²) < 4.78 is 33.8. The zero-order valence-electron chi connectivity index (χ0n) is 16.5. The fourth-order valence-electron chi connectivity index (χ4n) is 3.94. The molecule has 1 N–H and O–H groups in total. The maximum atomic E-state index is 14.6. The number of fused-ring (bicyclic) bond motifs is 1. The van der Waals surface area contributed by atoms with Crippen molar-refractivity contribution in [3.05, 3.63) is 113 Å². The Kier molecular flexibility index (Phi) is 4.59. The molecule has 0 radical (unpaired) electrons. The van der Waals surface area contributed by atoms with Gasteiger partial charge in [-0.2, -0.15) is 0 Å². The molecule has 0 aliphatic carbocycles. The molecular formula is C25H15F2NO4. The lowest BCUT2D eigenvalue weighted by molar-refractivity contribution is -0.117. The fourth-order valence-corrected chi connectivity index (χ4v) is 3.94. The average molecular weight is 431 g/mol. The Labute approximate surface area is 180 Å². The van der Waals surface area contributed by atoms with E-state index in [1.165, 1.54) is 6.07 Å². The van der Waals surface area contributed by atoms with Gasteiger partial charge >= 0.3 is 0 Å². The van der Waals surface area contributed by atoms with E-state index in [2.05, 4.69) is 0 Å². The van der Waals surface area contributed by atoms with Crippen LogP contribution < -0.4 is 4.90 Å². The number of carbonyl (C=O) groups is 2. The van der Waals surface area contributed by atoms with Crippen LogP contribution in [0.5, 0.6) is 0 Å². The number of hydrogen-bond donors (Lipinski definition) is 1. The van der Waals surface area contributed by atoms with Crippen LogP contribution in [0.3, 0.4) is 0 Å². The molecular weight excluding hydrogens is 416 g/mol. The van der Waals surface area contributed by atoms with Gasteiger partial charge in [0.05, 0.1) is 17.3 Å². The number of hydrogen-bond acceptors (Lipinski definition) is 4. The maximum Gasteiger partial charge on any atom is 0.294 e. The number of Topliss-reactive ketones (excluding diaryl/α,β-unsaturated/α-hetero) is 1. The Balaban J connectivity index is 1.67. The first-order valence-electron chi connectivity index (χ1n) is 9.75. The maximum absolute atomic E-state index is 14.6. The van der Waals surface area contributed by atoms with Crippen LogP contribution in [0, 0.1) is 11.6 Å². The molecule has 1 atom stereocenters. The van der Waals surface area contributed by atoms with Gasteiger partial charge in [0.25, 0.3) is 5.91 Å². The molecule has 0 fully saturated rings. The lowest BCUT2D eigenvalue weighted by atomic mass is 9.94. The standard InChI is InChI=1S/C25H15F2NO4/c26-16-10-11-18(17(27)13-16)28-22(14-6-2-1-3-7-14)21(24(30)25(28)31)23(29)20-12-15-8-4-5-9-19(15)32-20/h1-13,22,30H. The summed E-state index contributed by atoms with van der Waals surface area (Å²) in [5, 5.41) is 11.4. The molecule has 0 spiro atoms. The third kappa shape index (κ3) is 3.06. The molecule has 0 saturated heterocycles. The van der Waals surface area contributed by atoms with Crippen LogP contribution in [-0.4, -0.2) is 16.8 Å². The van der Waals surface area contributed by atoms with Crippen LogP contribution in [0.1, 0.15) is 22.2 Å². The predicted molar refractivity (Wildman–Crippen MR) is 113 cm³/mol. The quantitative estimate of drug-likeness (QED) is 0.434. The number of benzene rings is 3. The predicted octanol–water partition coefficient (Wildman–Crippen LogP) is 5.49. The number of anilines is 1. The molecule has 1 aliphatic heterocycles. The van der Waals surface area contributed by atoms with Crippen molar-refractivity contribution in [3.8, 4) is 0 Å². The van der Waals surface area contributed by atoms with E-state index in [1.807, 2.05) is 0 Å². The van der Waals surface area contributed by atoms with E-state index < -0.39 is 35.1 Å². The molecule has 158 valence electrons. The minimum absolute atomic E-state index is 0.0668. The number of carbonyl (C=O) groups excluding carboxylic acids is 2. The highest BCUT2D eigenvalue weighted by atomic mass is 19.1. The fraction of sp³-hybridized carbons (Fsp3) is 0.0400. The summed E-state index contributed by atoms with van der Waals surface area (Å²) in [6, 6.07) is 18.5. The van der Waals surface area contributed by atoms with Gasteiger partial charge < -0.3 is 9.52 Å². The zero-order chi connectivity index (χ0) is 22.4. The van der Waals surface area contributed by atoms with Crippen LogP contribution in [0.2, 0.25) is 0 Å². The van der Waals surface area contributed by atoms with E-state index in [9.17, 15) is 23.5 Å². The highest BCUT2D eigenvalue weighted by Gasteiger charge is 2.46. The molecule has 5 nitrogen and oxygen atoms in total. The van der Waals surface area contributed by atoms with Crippen molar-refractivity contribution in [1.82, 2.24) is 0 Å². The Morgan fingerprint density at radius 1 is 0.938 bits per heavy atom. The molecule has 3 aromatic carbocycles. The topological polar surface area (TPSA) is 70.8 Å². The second-order valence-corrected chi connectivity index (χ2v) is 7.32. The molecule has 7 heteroatoms.